The van der Waals surface area contributed by atoms with Crippen molar-refractivity contribution in [2.24, 2.45) is 5.41 Å². The van der Waals surface area contributed by atoms with Crippen LogP contribution >= 0.6 is 0 Å². The third kappa shape index (κ3) is 2.46. The lowest BCUT2D eigenvalue weighted by Crippen LogP contribution is -2.40. The summed E-state index contributed by atoms with van der Waals surface area (Å²) < 4.78 is 0. The van der Waals surface area contributed by atoms with Gasteiger partial charge in [-0.1, -0.05) is 25.1 Å². The van der Waals surface area contributed by atoms with E-state index >= 15 is 0 Å². The third-order valence-corrected chi connectivity index (χ3v) is 4.47. The first-order chi connectivity index (χ1) is 9.69. The van der Waals surface area contributed by atoms with Crippen LogP contribution in [0.4, 0.5) is 0 Å². The SMILES string of the molecule is CC1(C(=O)Cc2ccnc3ccccc23)CCNCC1. The summed E-state index contributed by atoms with van der Waals surface area (Å²) in [6.45, 7) is 4.00. The lowest BCUT2D eigenvalue weighted by Gasteiger charge is -2.32. The number of Topliss-reactive ketones (excluding diaryl/α,β-unsaturated/α-hetero) is 1. The van der Waals surface area contributed by atoms with Gasteiger partial charge in [0.1, 0.15) is 5.78 Å². The van der Waals surface area contributed by atoms with E-state index in [4.69, 9.17) is 0 Å². The molecule has 1 fully saturated rings. The normalized spacial score (nSPS) is 18.1. The van der Waals surface area contributed by atoms with Gasteiger partial charge in [0.05, 0.1) is 5.52 Å². The van der Waals surface area contributed by atoms with E-state index in [9.17, 15) is 4.79 Å². The highest BCUT2D eigenvalue weighted by Gasteiger charge is 2.34. The van der Waals surface area contributed by atoms with Gasteiger partial charge in [0, 0.05) is 23.4 Å². The Labute approximate surface area is 119 Å². The molecular weight excluding hydrogens is 248 g/mol. The fourth-order valence-electron chi connectivity index (χ4n) is 2.95. The Morgan fingerprint density at radius 2 is 2.00 bits per heavy atom. The molecule has 1 aliphatic rings. The standard InChI is InChI=1S/C17H20N2O/c1-17(7-10-18-11-8-17)16(20)12-13-6-9-19-15-5-3-2-4-14(13)15/h2-6,9,18H,7-8,10-12H2,1H3. The number of piperidine rings is 1. The van der Waals surface area contributed by atoms with Gasteiger partial charge in [-0.05, 0) is 43.6 Å². The van der Waals surface area contributed by atoms with Crippen LogP contribution in [0.5, 0.6) is 0 Å². The van der Waals surface area contributed by atoms with E-state index in [1.165, 1.54) is 0 Å². The van der Waals surface area contributed by atoms with Crippen LogP contribution in [0.3, 0.4) is 0 Å². The number of rotatable bonds is 3. The summed E-state index contributed by atoms with van der Waals surface area (Å²) in [5.41, 5.74) is 1.89. The summed E-state index contributed by atoms with van der Waals surface area (Å²) >= 11 is 0. The Morgan fingerprint density at radius 3 is 2.80 bits per heavy atom. The number of pyridine rings is 1. The van der Waals surface area contributed by atoms with Gasteiger partial charge in [0.15, 0.2) is 0 Å². The first kappa shape index (κ1) is 13.3. The summed E-state index contributed by atoms with van der Waals surface area (Å²) in [5, 5.41) is 4.42. The van der Waals surface area contributed by atoms with E-state index in [0.717, 1.165) is 42.4 Å². The largest absolute Gasteiger partial charge is 0.317 e. The van der Waals surface area contributed by atoms with Crippen molar-refractivity contribution in [3.63, 3.8) is 0 Å². The minimum Gasteiger partial charge on any atom is -0.317 e. The number of para-hydroxylation sites is 1. The Balaban J connectivity index is 1.87. The predicted octanol–water partition coefficient (Wildman–Crippen LogP) is 2.74. The summed E-state index contributed by atoms with van der Waals surface area (Å²) in [5.74, 6) is 0.357. The number of hydrogen-bond donors (Lipinski definition) is 1. The highest BCUT2D eigenvalue weighted by molar-refractivity contribution is 5.91. The number of nitrogens with zero attached hydrogens (tertiary/aromatic N) is 1. The number of ketones is 1. The van der Waals surface area contributed by atoms with Crippen molar-refractivity contribution in [1.29, 1.82) is 0 Å². The highest BCUT2D eigenvalue weighted by Crippen LogP contribution is 2.31. The van der Waals surface area contributed by atoms with E-state index in [1.807, 2.05) is 24.3 Å². The maximum atomic E-state index is 12.7. The van der Waals surface area contributed by atoms with Crippen molar-refractivity contribution >= 4 is 16.7 Å². The minimum atomic E-state index is -0.171. The van der Waals surface area contributed by atoms with E-state index < -0.39 is 0 Å². The van der Waals surface area contributed by atoms with Gasteiger partial charge < -0.3 is 5.32 Å². The average Bonchev–Trinajstić information content (AvgIpc) is 2.48. The van der Waals surface area contributed by atoms with Crippen molar-refractivity contribution in [3.05, 3.63) is 42.1 Å². The topological polar surface area (TPSA) is 42.0 Å². The molecule has 0 amide bonds. The molecular formula is C17H20N2O. The van der Waals surface area contributed by atoms with Crippen LogP contribution in [0.1, 0.15) is 25.3 Å². The zero-order valence-corrected chi connectivity index (χ0v) is 11.9. The minimum absolute atomic E-state index is 0.171. The Hall–Kier alpha value is -1.74. The first-order valence-corrected chi connectivity index (χ1v) is 7.26. The summed E-state index contributed by atoms with van der Waals surface area (Å²) in [6, 6.07) is 10.0. The Bertz CT molecular complexity index is 624. The molecule has 1 N–H and O–H groups in total. The lowest BCUT2D eigenvalue weighted by atomic mass is 9.75. The molecule has 0 spiro atoms. The number of nitrogens with one attached hydrogen (secondary N) is 1. The van der Waals surface area contributed by atoms with Crippen LogP contribution in [0, 0.1) is 5.41 Å². The molecule has 3 nitrogen and oxygen atoms in total. The zero-order valence-electron chi connectivity index (χ0n) is 11.9. The lowest BCUT2D eigenvalue weighted by molar-refractivity contribution is -0.128. The second-order valence-electron chi connectivity index (χ2n) is 5.90. The molecule has 3 heteroatoms. The van der Waals surface area contributed by atoms with Crippen molar-refractivity contribution in [3.8, 4) is 0 Å². The molecule has 1 aliphatic heterocycles. The monoisotopic (exact) mass is 268 g/mol. The second kappa shape index (κ2) is 5.33. The van der Waals surface area contributed by atoms with Gasteiger partial charge in [-0.3, -0.25) is 9.78 Å². The average molecular weight is 268 g/mol. The second-order valence-corrected chi connectivity index (χ2v) is 5.90. The highest BCUT2D eigenvalue weighted by atomic mass is 16.1. The Morgan fingerprint density at radius 1 is 1.25 bits per heavy atom. The molecule has 0 radical (unpaired) electrons. The van der Waals surface area contributed by atoms with Crippen LogP contribution < -0.4 is 5.32 Å². The third-order valence-electron chi connectivity index (χ3n) is 4.47. The summed E-state index contributed by atoms with van der Waals surface area (Å²) in [4.78, 5) is 17.0. The van der Waals surface area contributed by atoms with Gasteiger partial charge in [-0.25, -0.2) is 0 Å². The molecule has 0 unspecified atom stereocenters. The molecule has 1 aromatic heterocycles. The maximum Gasteiger partial charge on any atom is 0.143 e. The molecule has 0 aliphatic carbocycles. The molecule has 0 atom stereocenters. The molecule has 0 saturated carbocycles. The molecule has 3 rings (SSSR count). The van der Waals surface area contributed by atoms with Gasteiger partial charge in [0.25, 0.3) is 0 Å². The van der Waals surface area contributed by atoms with E-state index in [0.29, 0.717) is 12.2 Å². The molecule has 1 aromatic carbocycles. The number of benzene rings is 1. The van der Waals surface area contributed by atoms with Gasteiger partial charge in [-0.2, -0.15) is 0 Å². The fraction of sp³-hybridized carbons (Fsp3) is 0.412. The predicted molar refractivity (Wildman–Crippen MR) is 80.7 cm³/mol. The Kier molecular flexibility index (Phi) is 3.53. The zero-order chi connectivity index (χ0) is 14.0. The van der Waals surface area contributed by atoms with Crippen molar-refractivity contribution in [2.75, 3.05) is 13.1 Å². The van der Waals surface area contributed by atoms with Crippen LogP contribution in [-0.4, -0.2) is 23.9 Å². The molecule has 20 heavy (non-hydrogen) atoms. The molecule has 104 valence electrons. The molecule has 2 heterocycles. The van der Waals surface area contributed by atoms with E-state index in [-0.39, 0.29) is 5.41 Å². The van der Waals surface area contributed by atoms with Crippen LogP contribution in [-0.2, 0) is 11.2 Å². The number of aromatic nitrogens is 1. The number of carbonyl (C=O) groups is 1. The summed E-state index contributed by atoms with van der Waals surface area (Å²) in [6.07, 6.45) is 4.19. The quantitative estimate of drug-likeness (QED) is 0.930. The van der Waals surface area contributed by atoms with Gasteiger partial charge in [-0.15, -0.1) is 0 Å². The van der Waals surface area contributed by atoms with E-state index in [2.05, 4.69) is 23.3 Å². The van der Waals surface area contributed by atoms with Gasteiger partial charge in [0.2, 0.25) is 0 Å². The van der Waals surface area contributed by atoms with Crippen LogP contribution in [0.25, 0.3) is 10.9 Å². The van der Waals surface area contributed by atoms with Crippen LogP contribution in [0.15, 0.2) is 36.5 Å². The summed E-state index contributed by atoms with van der Waals surface area (Å²) in [7, 11) is 0. The maximum absolute atomic E-state index is 12.7. The fourth-order valence-corrected chi connectivity index (χ4v) is 2.95. The number of fused-ring (bicyclic) bond motifs is 1. The van der Waals surface area contributed by atoms with Gasteiger partial charge >= 0.3 is 0 Å². The van der Waals surface area contributed by atoms with Crippen molar-refractivity contribution < 1.29 is 4.79 Å². The first-order valence-electron chi connectivity index (χ1n) is 7.26. The number of hydrogen-bond acceptors (Lipinski definition) is 3. The molecule has 0 bridgehead atoms. The van der Waals surface area contributed by atoms with E-state index in [1.54, 1.807) is 6.20 Å². The van der Waals surface area contributed by atoms with Crippen molar-refractivity contribution in [1.82, 2.24) is 10.3 Å². The molecule has 1 saturated heterocycles. The van der Waals surface area contributed by atoms with Crippen LogP contribution in [0.2, 0.25) is 0 Å². The van der Waals surface area contributed by atoms with Crippen molar-refractivity contribution in [2.45, 2.75) is 26.2 Å². The number of carbonyl (C=O) groups excluding carboxylic acids is 1. The smallest absolute Gasteiger partial charge is 0.143 e. The molecule has 2 aromatic rings.